The fourth-order valence-electron chi connectivity index (χ4n) is 1.02. The average molecular weight is 313 g/mol. The first kappa shape index (κ1) is 15.1. The topological polar surface area (TPSA) is 34.1 Å². The molecule has 1 aromatic rings. The van der Waals surface area contributed by atoms with Crippen LogP contribution in [0.15, 0.2) is 23.1 Å². The molecule has 1 aromatic carbocycles. The van der Waals surface area contributed by atoms with Gasteiger partial charge in [0.1, 0.15) is 0 Å². The smallest absolute Gasteiger partial charge is 0.214 e. The highest BCUT2D eigenvalue weighted by Crippen LogP contribution is 2.38. The maximum Gasteiger partial charge on any atom is 0.501 e. The van der Waals surface area contributed by atoms with Crippen LogP contribution in [0.3, 0.4) is 0 Å². The predicted octanol–water partition coefficient (Wildman–Crippen LogP) is 3.65. The maximum absolute atomic E-state index is 12.4. The van der Waals surface area contributed by atoms with Crippen molar-refractivity contribution in [3.8, 4) is 0 Å². The van der Waals surface area contributed by atoms with Crippen molar-refractivity contribution >= 4 is 21.4 Å². The molecule has 0 aliphatic carbocycles. The lowest BCUT2D eigenvalue weighted by Crippen LogP contribution is -2.23. The monoisotopic (exact) mass is 312 g/mol. The third kappa shape index (κ3) is 2.72. The van der Waals surface area contributed by atoms with Crippen LogP contribution in [0.4, 0.5) is 26.3 Å². The van der Waals surface area contributed by atoms with Crippen molar-refractivity contribution in [2.24, 2.45) is 0 Å². The number of halogens is 7. The molecule has 18 heavy (non-hydrogen) atoms. The van der Waals surface area contributed by atoms with Gasteiger partial charge < -0.3 is 0 Å². The second kappa shape index (κ2) is 4.30. The minimum absolute atomic E-state index is 0.148. The summed E-state index contributed by atoms with van der Waals surface area (Å²) in [5.41, 5.74) is -7.32. The molecular formula is C8H3ClF6O2S. The van der Waals surface area contributed by atoms with E-state index in [-0.39, 0.29) is 6.07 Å². The molecule has 0 heterocycles. The van der Waals surface area contributed by atoms with E-state index in [1.54, 1.807) is 0 Å². The van der Waals surface area contributed by atoms with Crippen molar-refractivity contribution in [3.63, 3.8) is 0 Å². The van der Waals surface area contributed by atoms with Gasteiger partial charge in [0, 0.05) is 0 Å². The molecule has 0 aliphatic heterocycles. The Balaban J connectivity index is 3.49. The lowest BCUT2D eigenvalue weighted by Gasteiger charge is -2.12. The maximum atomic E-state index is 12.4. The van der Waals surface area contributed by atoms with Crippen LogP contribution >= 0.6 is 11.6 Å². The van der Waals surface area contributed by atoms with Gasteiger partial charge in [-0.3, -0.25) is 0 Å². The van der Waals surface area contributed by atoms with E-state index in [2.05, 4.69) is 0 Å². The highest BCUT2D eigenvalue weighted by molar-refractivity contribution is 7.92. The Bertz CT molecular complexity index is 560. The molecule has 0 amide bonds. The molecule has 0 atom stereocenters. The lowest BCUT2D eigenvalue weighted by atomic mass is 10.2. The molecule has 0 unspecified atom stereocenters. The number of rotatable bonds is 1. The third-order valence-corrected chi connectivity index (χ3v) is 3.67. The standard InChI is InChI=1S/C8H3ClF6O2S/c9-6-2-1-4(3-5(6)7(10,11)12)18(16,17)8(13,14)15/h1-3H. The summed E-state index contributed by atoms with van der Waals surface area (Å²) >= 11 is 5.15. The van der Waals surface area contributed by atoms with Crippen molar-refractivity contribution in [3.05, 3.63) is 28.8 Å². The first-order valence-electron chi connectivity index (χ1n) is 4.05. The highest BCUT2D eigenvalue weighted by Gasteiger charge is 2.47. The largest absolute Gasteiger partial charge is 0.501 e. The number of benzene rings is 1. The summed E-state index contributed by atoms with van der Waals surface area (Å²) in [5.74, 6) is 0. The summed E-state index contributed by atoms with van der Waals surface area (Å²) in [7, 11) is -5.83. The molecule has 10 heteroatoms. The molecule has 0 saturated carbocycles. The molecule has 1 rings (SSSR count). The van der Waals surface area contributed by atoms with E-state index in [1.165, 1.54) is 0 Å². The van der Waals surface area contributed by atoms with E-state index >= 15 is 0 Å². The summed E-state index contributed by atoms with van der Waals surface area (Å²) in [6.45, 7) is 0. The van der Waals surface area contributed by atoms with Crippen LogP contribution in [-0.2, 0) is 16.0 Å². The summed E-state index contributed by atoms with van der Waals surface area (Å²) in [4.78, 5) is -1.51. The summed E-state index contributed by atoms with van der Waals surface area (Å²) < 4.78 is 95.3. The Morgan fingerprint density at radius 1 is 1.00 bits per heavy atom. The van der Waals surface area contributed by atoms with E-state index in [1.807, 2.05) is 0 Å². The van der Waals surface area contributed by atoms with Gasteiger partial charge >= 0.3 is 11.7 Å². The first-order valence-corrected chi connectivity index (χ1v) is 5.91. The van der Waals surface area contributed by atoms with Gasteiger partial charge in [-0.05, 0) is 18.2 Å². The molecule has 102 valence electrons. The Kier molecular flexibility index (Phi) is 3.61. The van der Waals surface area contributed by atoms with Gasteiger partial charge in [-0.15, -0.1) is 0 Å². The van der Waals surface area contributed by atoms with Gasteiger partial charge in [0.05, 0.1) is 15.5 Å². The van der Waals surface area contributed by atoms with Crippen molar-refractivity contribution < 1.29 is 34.8 Å². The Morgan fingerprint density at radius 2 is 1.50 bits per heavy atom. The van der Waals surface area contributed by atoms with E-state index in [9.17, 15) is 34.8 Å². The molecule has 0 aliphatic rings. The highest BCUT2D eigenvalue weighted by atomic mass is 35.5. The summed E-state index contributed by atoms with van der Waals surface area (Å²) in [6, 6.07) is 0.661. The fourth-order valence-corrected chi connectivity index (χ4v) is 2.03. The quantitative estimate of drug-likeness (QED) is 0.742. The van der Waals surface area contributed by atoms with Gasteiger partial charge in [-0.2, -0.15) is 26.3 Å². The predicted molar refractivity (Wildman–Crippen MR) is 49.7 cm³/mol. The third-order valence-electron chi connectivity index (χ3n) is 1.86. The molecule has 0 spiro atoms. The van der Waals surface area contributed by atoms with Crippen molar-refractivity contribution in [2.75, 3.05) is 0 Å². The molecule has 0 bridgehead atoms. The fraction of sp³-hybridized carbons (Fsp3) is 0.250. The molecule has 0 fully saturated rings. The molecule has 0 radical (unpaired) electrons. The number of hydrogen-bond donors (Lipinski definition) is 0. The number of alkyl halides is 6. The van der Waals surface area contributed by atoms with Crippen molar-refractivity contribution in [2.45, 2.75) is 16.6 Å². The molecule has 2 nitrogen and oxygen atoms in total. The minimum Gasteiger partial charge on any atom is -0.214 e. The Morgan fingerprint density at radius 3 is 1.89 bits per heavy atom. The van der Waals surface area contributed by atoms with Crippen LogP contribution < -0.4 is 0 Å². The zero-order valence-electron chi connectivity index (χ0n) is 8.10. The zero-order chi connectivity index (χ0) is 14.4. The minimum atomic E-state index is -5.83. The van der Waals surface area contributed by atoms with E-state index in [4.69, 9.17) is 11.6 Å². The van der Waals surface area contributed by atoms with Gasteiger partial charge in [0.15, 0.2) is 0 Å². The van der Waals surface area contributed by atoms with Crippen molar-refractivity contribution in [1.29, 1.82) is 0 Å². The zero-order valence-corrected chi connectivity index (χ0v) is 9.67. The van der Waals surface area contributed by atoms with Crippen LogP contribution in [0.5, 0.6) is 0 Å². The summed E-state index contributed by atoms with van der Waals surface area (Å²) in [5, 5.41) is -0.886. The number of sulfone groups is 1. The van der Waals surface area contributed by atoms with E-state index < -0.39 is 37.0 Å². The molecule has 0 saturated heterocycles. The second-order valence-corrected chi connectivity index (χ2v) is 5.44. The average Bonchev–Trinajstić information content (AvgIpc) is 2.14. The Labute approximate surface area is 102 Å². The first-order chi connectivity index (χ1) is 7.87. The van der Waals surface area contributed by atoms with Gasteiger partial charge in [0.25, 0.3) is 9.84 Å². The normalized spacial score (nSPS) is 13.7. The summed E-state index contributed by atoms with van der Waals surface area (Å²) in [6.07, 6.45) is -5.05. The van der Waals surface area contributed by atoms with Gasteiger partial charge in [-0.25, -0.2) is 8.42 Å². The molecule has 0 N–H and O–H groups in total. The second-order valence-electron chi connectivity index (χ2n) is 3.09. The van der Waals surface area contributed by atoms with Crippen LogP contribution in [0, 0.1) is 0 Å². The molecular weight excluding hydrogens is 310 g/mol. The molecule has 0 aromatic heterocycles. The number of hydrogen-bond acceptors (Lipinski definition) is 2. The SMILES string of the molecule is O=S(=O)(c1ccc(Cl)c(C(F)(F)F)c1)C(F)(F)F. The van der Waals surface area contributed by atoms with Crippen LogP contribution in [-0.4, -0.2) is 13.9 Å². The Hall–Kier alpha value is -0.960. The van der Waals surface area contributed by atoms with Gasteiger partial charge in [0.2, 0.25) is 0 Å². The van der Waals surface area contributed by atoms with E-state index in [0.29, 0.717) is 12.1 Å². The van der Waals surface area contributed by atoms with Crippen LogP contribution in [0.1, 0.15) is 5.56 Å². The van der Waals surface area contributed by atoms with Crippen molar-refractivity contribution in [1.82, 2.24) is 0 Å². The van der Waals surface area contributed by atoms with Crippen LogP contribution in [0.25, 0.3) is 0 Å². The van der Waals surface area contributed by atoms with E-state index in [0.717, 1.165) is 0 Å². The lowest BCUT2D eigenvalue weighted by molar-refractivity contribution is -0.137. The van der Waals surface area contributed by atoms with Gasteiger partial charge in [-0.1, -0.05) is 11.6 Å². The van der Waals surface area contributed by atoms with Crippen LogP contribution in [0.2, 0.25) is 5.02 Å².